The maximum Gasteiger partial charge on any atom is 0.0797 e. The van der Waals surface area contributed by atoms with Gasteiger partial charge < -0.3 is 5.32 Å². The first-order chi connectivity index (χ1) is 7.36. The minimum Gasteiger partial charge on any atom is -0.313 e. The molecule has 15 heavy (non-hydrogen) atoms. The van der Waals surface area contributed by atoms with E-state index >= 15 is 0 Å². The van der Waals surface area contributed by atoms with Gasteiger partial charge in [-0.2, -0.15) is 0 Å². The molecule has 0 aliphatic heterocycles. The molecule has 0 amide bonds. The van der Waals surface area contributed by atoms with Crippen molar-refractivity contribution in [1.29, 1.82) is 0 Å². The van der Waals surface area contributed by atoms with Gasteiger partial charge >= 0.3 is 0 Å². The average molecular weight is 222 g/mol. The molecule has 0 spiro atoms. The summed E-state index contributed by atoms with van der Waals surface area (Å²) < 4.78 is 0. The predicted molar refractivity (Wildman–Crippen MR) is 65.3 cm³/mol. The van der Waals surface area contributed by atoms with Gasteiger partial charge in [-0.15, -0.1) is 11.3 Å². The quantitative estimate of drug-likeness (QED) is 0.792. The minimum absolute atomic E-state index is 0.697. The zero-order valence-corrected chi connectivity index (χ0v) is 10.0. The van der Waals surface area contributed by atoms with Crippen LogP contribution in [0, 0.1) is 6.92 Å². The Morgan fingerprint density at radius 2 is 2.47 bits per heavy atom. The summed E-state index contributed by atoms with van der Waals surface area (Å²) in [5, 5.41) is 3.61. The van der Waals surface area contributed by atoms with Crippen LogP contribution in [0.3, 0.4) is 0 Å². The van der Waals surface area contributed by atoms with Crippen LogP contribution in [0.1, 0.15) is 29.8 Å². The molecule has 0 fully saturated rings. The van der Waals surface area contributed by atoms with E-state index < -0.39 is 0 Å². The summed E-state index contributed by atoms with van der Waals surface area (Å²) in [7, 11) is 0. The monoisotopic (exact) mass is 222 g/mol. The number of nitrogens with zero attached hydrogens (tertiary/aromatic N) is 1. The lowest BCUT2D eigenvalue weighted by Gasteiger charge is -2.19. The second-order valence-corrected chi connectivity index (χ2v) is 4.99. The van der Waals surface area contributed by atoms with Crippen LogP contribution in [0.4, 0.5) is 0 Å². The number of allylic oxidation sites excluding steroid dienone is 1. The molecule has 1 aromatic heterocycles. The molecule has 1 N–H and O–H groups in total. The maximum absolute atomic E-state index is 4.26. The molecular weight excluding hydrogens is 204 g/mol. The number of hydrogen-bond acceptors (Lipinski definition) is 3. The van der Waals surface area contributed by atoms with Crippen LogP contribution in [0.15, 0.2) is 17.7 Å². The number of hydrogen-bond donors (Lipinski definition) is 1. The summed E-state index contributed by atoms with van der Waals surface area (Å²) in [5.74, 6) is 0. The number of nitrogens with one attached hydrogen (secondary N) is 1. The van der Waals surface area contributed by atoms with E-state index in [2.05, 4.69) is 29.4 Å². The molecule has 1 aliphatic carbocycles. The number of aryl methyl sites for hydroxylation is 1. The first-order valence-corrected chi connectivity index (χ1v) is 6.51. The number of thiazole rings is 1. The van der Waals surface area contributed by atoms with Gasteiger partial charge in [0.1, 0.15) is 0 Å². The highest BCUT2D eigenvalue weighted by molar-refractivity contribution is 7.09. The second-order valence-electron chi connectivity index (χ2n) is 4.05. The largest absolute Gasteiger partial charge is 0.313 e. The molecule has 3 heteroatoms. The van der Waals surface area contributed by atoms with Crippen molar-refractivity contribution in [2.45, 2.75) is 38.6 Å². The molecule has 1 atom stereocenters. The lowest BCUT2D eigenvalue weighted by atomic mass is 10.0. The fraction of sp³-hybridized carbons (Fsp3) is 0.583. The Bertz CT molecular complexity index is 330. The lowest BCUT2D eigenvalue weighted by molar-refractivity contribution is 0.479. The fourth-order valence-electron chi connectivity index (χ4n) is 1.93. The summed E-state index contributed by atoms with van der Waals surface area (Å²) in [4.78, 5) is 5.69. The molecule has 1 aliphatic rings. The van der Waals surface area contributed by atoms with E-state index in [1.807, 2.05) is 5.51 Å². The van der Waals surface area contributed by atoms with E-state index in [1.54, 1.807) is 11.3 Å². The molecule has 1 heterocycles. The highest BCUT2D eigenvalue weighted by Crippen LogP contribution is 2.13. The van der Waals surface area contributed by atoms with Crippen molar-refractivity contribution in [3.63, 3.8) is 0 Å². The summed E-state index contributed by atoms with van der Waals surface area (Å²) in [6.07, 6.45) is 9.42. The Hall–Kier alpha value is -0.670. The predicted octanol–water partition coefficient (Wildman–Crippen LogP) is 2.69. The van der Waals surface area contributed by atoms with E-state index in [1.165, 1.54) is 29.8 Å². The van der Waals surface area contributed by atoms with Crippen molar-refractivity contribution in [1.82, 2.24) is 10.3 Å². The van der Waals surface area contributed by atoms with Crippen LogP contribution < -0.4 is 5.32 Å². The Kier molecular flexibility index (Phi) is 3.92. The number of rotatable bonds is 4. The molecule has 82 valence electrons. The molecule has 0 aromatic carbocycles. The standard InChI is InChI=1S/C12H18N2S/c1-10-12(15-9-14-10)7-8-13-11-5-3-2-4-6-11/h2-3,9,11,13H,4-8H2,1H3. The SMILES string of the molecule is Cc1ncsc1CCNC1CC=CCC1. The van der Waals surface area contributed by atoms with Crippen molar-refractivity contribution in [3.8, 4) is 0 Å². The number of aromatic nitrogens is 1. The highest BCUT2D eigenvalue weighted by Gasteiger charge is 2.08. The van der Waals surface area contributed by atoms with Gasteiger partial charge in [0.05, 0.1) is 11.2 Å². The zero-order chi connectivity index (χ0) is 10.5. The van der Waals surface area contributed by atoms with Gasteiger partial charge in [0.2, 0.25) is 0 Å². The van der Waals surface area contributed by atoms with Crippen LogP contribution in [0.5, 0.6) is 0 Å². The molecule has 0 saturated carbocycles. The zero-order valence-electron chi connectivity index (χ0n) is 9.20. The molecule has 0 radical (unpaired) electrons. The van der Waals surface area contributed by atoms with E-state index in [4.69, 9.17) is 0 Å². The van der Waals surface area contributed by atoms with Gasteiger partial charge in [0.15, 0.2) is 0 Å². The molecular formula is C12H18N2S. The Morgan fingerprint density at radius 3 is 3.13 bits per heavy atom. The fourth-order valence-corrected chi connectivity index (χ4v) is 2.72. The van der Waals surface area contributed by atoms with Gasteiger partial charge in [-0.1, -0.05) is 12.2 Å². The van der Waals surface area contributed by atoms with Gasteiger partial charge in [-0.25, -0.2) is 4.98 Å². The molecule has 1 aromatic rings. The van der Waals surface area contributed by atoms with Crippen LogP contribution in [-0.4, -0.2) is 17.6 Å². The van der Waals surface area contributed by atoms with Crippen molar-refractivity contribution < 1.29 is 0 Å². The van der Waals surface area contributed by atoms with Crippen LogP contribution in [0.25, 0.3) is 0 Å². The first-order valence-electron chi connectivity index (χ1n) is 5.63. The van der Waals surface area contributed by atoms with E-state index in [0.717, 1.165) is 13.0 Å². The topological polar surface area (TPSA) is 24.9 Å². The van der Waals surface area contributed by atoms with Gasteiger partial charge in [0, 0.05) is 17.5 Å². The lowest BCUT2D eigenvalue weighted by Crippen LogP contribution is -2.31. The van der Waals surface area contributed by atoms with E-state index in [9.17, 15) is 0 Å². The van der Waals surface area contributed by atoms with Crippen LogP contribution in [-0.2, 0) is 6.42 Å². The molecule has 0 saturated heterocycles. The second kappa shape index (κ2) is 5.42. The average Bonchev–Trinajstić information content (AvgIpc) is 2.66. The van der Waals surface area contributed by atoms with Gasteiger partial charge in [-0.05, 0) is 32.6 Å². The van der Waals surface area contributed by atoms with E-state index in [-0.39, 0.29) is 0 Å². The van der Waals surface area contributed by atoms with E-state index in [0.29, 0.717) is 6.04 Å². The van der Waals surface area contributed by atoms with Gasteiger partial charge in [-0.3, -0.25) is 0 Å². The molecule has 0 bridgehead atoms. The highest BCUT2D eigenvalue weighted by atomic mass is 32.1. The minimum atomic E-state index is 0.697. The van der Waals surface area contributed by atoms with Crippen molar-refractivity contribution in [3.05, 3.63) is 28.2 Å². The summed E-state index contributed by atoms with van der Waals surface area (Å²) in [6.45, 7) is 3.18. The summed E-state index contributed by atoms with van der Waals surface area (Å²) in [6, 6.07) is 0.697. The smallest absolute Gasteiger partial charge is 0.0797 e. The maximum atomic E-state index is 4.26. The molecule has 2 nitrogen and oxygen atoms in total. The normalized spacial score (nSPS) is 20.7. The molecule has 1 unspecified atom stereocenters. The van der Waals surface area contributed by atoms with Crippen molar-refractivity contribution in [2.24, 2.45) is 0 Å². The molecule has 2 rings (SSSR count). The first kappa shape index (κ1) is 10.8. The van der Waals surface area contributed by atoms with Crippen LogP contribution in [0.2, 0.25) is 0 Å². The third-order valence-electron chi connectivity index (χ3n) is 2.90. The third-order valence-corrected chi connectivity index (χ3v) is 3.89. The van der Waals surface area contributed by atoms with Crippen molar-refractivity contribution in [2.75, 3.05) is 6.54 Å². The Balaban J connectivity index is 1.71. The summed E-state index contributed by atoms with van der Waals surface area (Å²) in [5.41, 5.74) is 3.14. The Morgan fingerprint density at radius 1 is 1.53 bits per heavy atom. The van der Waals surface area contributed by atoms with Gasteiger partial charge in [0.25, 0.3) is 0 Å². The third kappa shape index (κ3) is 3.14. The Labute approximate surface area is 95.4 Å². The van der Waals surface area contributed by atoms with Crippen molar-refractivity contribution >= 4 is 11.3 Å². The summed E-state index contributed by atoms with van der Waals surface area (Å²) >= 11 is 1.77. The van der Waals surface area contributed by atoms with Crippen LogP contribution >= 0.6 is 11.3 Å².